The van der Waals surface area contributed by atoms with E-state index >= 15 is 0 Å². The minimum atomic E-state index is 0. The Morgan fingerprint density at radius 3 is 2.31 bits per heavy atom. The summed E-state index contributed by atoms with van der Waals surface area (Å²) in [6.07, 6.45) is 5.32. The summed E-state index contributed by atoms with van der Waals surface area (Å²) in [5.41, 5.74) is 2.09. The fourth-order valence-electron chi connectivity index (χ4n) is 1.06. The van der Waals surface area contributed by atoms with Crippen molar-refractivity contribution in [1.29, 1.82) is 0 Å². The van der Waals surface area contributed by atoms with Crippen LogP contribution in [-0.4, -0.2) is 9.97 Å². The monoisotopic (exact) mass is 196 g/mol. The van der Waals surface area contributed by atoms with Crippen molar-refractivity contribution in [2.45, 2.75) is 0 Å². The van der Waals surface area contributed by atoms with Gasteiger partial charge >= 0.3 is 51.4 Å². The fraction of sp³-hybridized carbons (Fsp3) is 0. The van der Waals surface area contributed by atoms with Crippen LogP contribution in [0.3, 0.4) is 0 Å². The molecular formula is C10H9KN2. The molecule has 0 aliphatic carbocycles. The molecule has 0 unspecified atom stereocenters. The second-order valence-electron chi connectivity index (χ2n) is 2.45. The van der Waals surface area contributed by atoms with Crippen LogP contribution in [0.2, 0.25) is 0 Å². The Kier molecular flexibility index (Phi) is 4.76. The molecule has 3 heteroatoms. The molecule has 2 rings (SSSR count). The number of rotatable bonds is 1. The van der Waals surface area contributed by atoms with E-state index in [9.17, 15) is 0 Å². The molecule has 60 valence electrons. The van der Waals surface area contributed by atoms with E-state index in [-0.39, 0.29) is 52.8 Å². The van der Waals surface area contributed by atoms with Crippen LogP contribution in [0.1, 0.15) is 1.43 Å². The number of nitrogens with zero attached hydrogens (tertiary/aromatic N) is 2. The number of aromatic nitrogens is 2. The Morgan fingerprint density at radius 1 is 0.923 bits per heavy atom. The van der Waals surface area contributed by atoms with E-state index in [0.29, 0.717) is 0 Å². The van der Waals surface area contributed by atoms with Gasteiger partial charge in [0.25, 0.3) is 0 Å². The Balaban J connectivity index is 0.000000845. The van der Waals surface area contributed by atoms with E-state index in [1.807, 2.05) is 30.3 Å². The zero-order valence-electron chi connectivity index (χ0n) is 8.51. The second kappa shape index (κ2) is 5.62. The standard InChI is InChI=1S/C10H8N2.K.H/c1-2-6-12-10(3-1)9-4-7-11-8-5-9;;/h1-8H;;/q;+1;-1. The molecule has 0 saturated carbocycles. The van der Waals surface area contributed by atoms with Crippen LogP contribution < -0.4 is 51.4 Å². The van der Waals surface area contributed by atoms with Crippen molar-refractivity contribution >= 4 is 0 Å². The van der Waals surface area contributed by atoms with E-state index < -0.39 is 0 Å². The topological polar surface area (TPSA) is 25.8 Å². The summed E-state index contributed by atoms with van der Waals surface area (Å²) in [4.78, 5) is 8.16. The van der Waals surface area contributed by atoms with Gasteiger partial charge in [0.1, 0.15) is 0 Å². The van der Waals surface area contributed by atoms with Gasteiger partial charge in [-0.15, -0.1) is 0 Å². The molecular weight excluding hydrogens is 187 g/mol. The molecule has 0 radical (unpaired) electrons. The molecule has 2 nitrogen and oxygen atoms in total. The Hall–Kier alpha value is -0.0636. The van der Waals surface area contributed by atoms with E-state index in [4.69, 9.17) is 0 Å². The minimum absolute atomic E-state index is 0. The molecule has 0 saturated heterocycles. The first-order chi connectivity index (χ1) is 5.97. The predicted molar refractivity (Wildman–Crippen MR) is 48.6 cm³/mol. The summed E-state index contributed by atoms with van der Waals surface area (Å²) >= 11 is 0. The number of hydrogen-bond donors (Lipinski definition) is 0. The molecule has 0 atom stereocenters. The number of hydrogen-bond acceptors (Lipinski definition) is 2. The van der Waals surface area contributed by atoms with Gasteiger partial charge in [-0.25, -0.2) is 0 Å². The fourth-order valence-corrected chi connectivity index (χ4v) is 1.06. The van der Waals surface area contributed by atoms with E-state index in [1.165, 1.54) is 0 Å². The van der Waals surface area contributed by atoms with Crippen LogP contribution in [0.25, 0.3) is 11.3 Å². The molecule has 2 aromatic heterocycles. The van der Waals surface area contributed by atoms with Crippen molar-refractivity contribution in [2.75, 3.05) is 0 Å². The molecule has 2 heterocycles. The maximum atomic E-state index is 4.22. The van der Waals surface area contributed by atoms with Crippen LogP contribution in [0.15, 0.2) is 48.9 Å². The Morgan fingerprint density at radius 2 is 1.69 bits per heavy atom. The molecule has 13 heavy (non-hydrogen) atoms. The first-order valence-electron chi connectivity index (χ1n) is 3.78. The molecule has 0 aliphatic rings. The summed E-state index contributed by atoms with van der Waals surface area (Å²) in [6.45, 7) is 0. The number of pyridine rings is 2. The summed E-state index contributed by atoms with van der Waals surface area (Å²) in [5, 5.41) is 0. The van der Waals surface area contributed by atoms with Crippen molar-refractivity contribution < 1.29 is 52.8 Å². The molecule has 0 spiro atoms. The third-order valence-electron chi connectivity index (χ3n) is 1.64. The van der Waals surface area contributed by atoms with Gasteiger partial charge in [0, 0.05) is 24.2 Å². The summed E-state index contributed by atoms with van der Waals surface area (Å²) in [7, 11) is 0. The summed E-state index contributed by atoms with van der Waals surface area (Å²) < 4.78 is 0. The van der Waals surface area contributed by atoms with Crippen LogP contribution in [0.4, 0.5) is 0 Å². The van der Waals surface area contributed by atoms with Crippen LogP contribution in [0, 0.1) is 0 Å². The van der Waals surface area contributed by atoms with E-state index in [2.05, 4.69) is 9.97 Å². The molecule has 0 aliphatic heterocycles. The SMILES string of the molecule is [H-].[K+].c1ccc(-c2ccncc2)nc1. The minimum Gasteiger partial charge on any atom is -1.00 e. The normalized spacial score (nSPS) is 8.92. The van der Waals surface area contributed by atoms with E-state index in [0.717, 1.165) is 11.3 Å². The molecule has 0 aromatic carbocycles. The maximum absolute atomic E-state index is 4.22. The van der Waals surface area contributed by atoms with Gasteiger partial charge in [-0.3, -0.25) is 9.97 Å². The Bertz CT molecular complexity index is 316. The van der Waals surface area contributed by atoms with Crippen molar-refractivity contribution in [3.63, 3.8) is 0 Å². The largest absolute Gasteiger partial charge is 1.00 e. The predicted octanol–water partition coefficient (Wildman–Crippen LogP) is -0.740. The molecule has 0 bridgehead atoms. The van der Waals surface area contributed by atoms with Gasteiger partial charge in [0.05, 0.1) is 5.69 Å². The zero-order valence-corrected chi connectivity index (χ0v) is 10.6. The third-order valence-corrected chi connectivity index (χ3v) is 1.64. The molecule has 2 aromatic rings. The average Bonchev–Trinajstić information content (AvgIpc) is 2.21. The summed E-state index contributed by atoms with van der Waals surface area (Å²) in [5.74, 6) is 0. The molecule has 0 fully saturated rings. The van der Waals surface area contributed by atoms with Crippen molar-refractivity contribution in [1.82, 2.24) is 9.97 Å². The third kappa shape index (κ3) is 2.97. The average molecular weight is 196 g/mol. The van der Waals surface area contributed by atoms with E-state index in [1.54, 1.807) is 18.6 Å². The quantitative estimate of drug-likeness (QED) is 0.562. The van der Waals surface area contributed by atoms with Gasteiger partial charge < -0.3 is 1.43 Å². The van der Waals surface area contributed by atoms with Gasteiger partial charge in [-0.2, -0.15) is 0 Å². The van der Waals surface area contributed by atoms with Gasteiger partial charge in [0.15, 0.2) is 0 Å². The van der Waals surface area contributed by atoms with Crippen LogP contribution in [0.5, 0.6) is 0 Å². The van der Waals surface area contributed by atoms with Crippen LogP contribution >= 0.6 is 0 Å². The maximum Gasteiger partial charge on any atom is 1.00 e. The first-order valence-corrected chi connectivity index (χ1v) is 3.78. The molecule has 0 amide bonds. The van der Waals surface area contributed by atoms with Gasteiger partial charge in [0.2, 0.25) is 0 Å². The smallest absolute Gasteiger partial charge is 1.00 e. The Labute approximate surface area is 121 Å². The first kappa shape index (κ1) is 11.0. The van der Waals surface area contributed by atoms with Crippen molar-refractivity contribution in [3.8, 4) is 11.3 Å². The van der Waals surface area contributed by atoms with Gasteiger partial charge in [-0.1, -0.05) is 6.07 Å². The summed E-state index contributed by atoms with van der Waals surface area (Å²) in [6, 6.07) is 9.76. The van der Waals surface area contributed by atoms with Crippen LogP contribution in [-0.2, 0) is 0 Å². The van der Waals surface area contributed by atoms with Gasteiger partial charge in [-0.05, 0) is 24.3 Å². The van der Waals surface area contributed by atoms with Crippen molar-refractivity contribution in [2.24, 2.45) is 0 Å². The zero-order chi connectivity index (χ0) is 8.23. The molecule has 0 N–H and O–H groups in total. The second-order valence-corrected chi connectivity index (χ2v) is 2.45. The van der Waals surface area contributed by atoms with Crippen molar-refractivity contribution in [3.05, 3.63) is 48.9 Å².